The summed E-state index contributed by atoms with van der Waals surface area (Å²) in [4.78, 5) is 2.48. The highest BCUT2D eigenvalue weighted by atomic mass is 32.2. The lowest BCUT2D eigenvalue weighted by atomic mass is 9.98. The van der Waals surface area contributed by atoms with E-state index in [-0.39, 0.29) is 0 Å². The van der Waals surface area contributed by atoms with Crippen LogP contribution < -0.4 is 5.32 Å². The van der Waals surface area contributed by atoms with Crippen molar-refractivity contribution in [2.24, 2.45) is 5.92 Å². The van der Waals surface area contributed by atoms with Crippen LogP contribution in [0.25, 0.3) is 0 Å². The van der Waals surface area contributed by atoms with E-state index < -0.39 is 0 Å². The smallest absolute Gasteiger partial charge is 0.00693 e. The van der Waals surface area contributed by atoms with Gasteiger partial charge in [-0.2, -0.15) is 11.8 Å². The van der Waals surface area contributed by atoms with Crippen molar-refractivity contribution in [2.75, 3.05) is 45.2 Å². The van der Waals surface area contributed by atoms with Gasteiger partial charge < -0.3 is 10.2 Å². The highest BCUT2D eigenvalue weighted by Gasteiger charge is 2.14. The second-order valence-electron chi connectivity index (χ2n) is 3.95. The normalized spacial score (nSPS) is 19.6. The summed E-state index contributed by atoms with van der Waals surface area (Å²) < 4.78 is 0. The Labute approximate surface area is 86.5 Å². The summed E-state index contributed by atoms with van der Waals surface area (Å²) in [5.74, 6) is 2.20. The Morgan fingerprint density at radius 3 is 2.69 bits per heavy atom. The Hall–Kier alpha value is 0.270. The van der Waals surface area contributed by atoms with Crippen LogP contribution in [0.5, 0.6) is 0 Å². The molecular weight excluding hydrogens is 180 g/mol. The van der Waals surface area contributed by atoms with E-state index in [4.69, 9.17) is 0 Å². The first kappa shape index (κ1) is 11.3. The van der Waals surface area contributed by atoms with Crippen molar-refractivity contribution >= 4 is 11.8 Å². The quantitative estimate of drug-likeness (QED) is 0.723. The minimum absolute atomic E-state index is 0.938. The molecule has 0 aromatic carbocycles. The molecule has 3 heteroatoms. The van der Waals surface area contributed by atoms with E-state index in [1.165, 1.54) is 44.8 Å². The minimum Gasteiger partial charge on any atom is -0.317 e. The molecule has 0 unspecified atom stereocenters. The minimum atomic E-state index is 0.938. The Balaban J connectivity index is 2.07. The molecule has 1 rings (SSSR count). The van der Waals surface area contributed by atoms with Gasteiger partial charge >= 0.3 is 0 Å². The van der Waals surface area contributed by atoms with Gasteiger partial charge in [0.05, 0.1) is 0 Å². The molecule has 0 radical (unpaired) electrons. The average Bonchev–Trinajstić information content (AvgIpc) is 2.16. The van der Waals surface area contributed by atoms with Crippen molar-refractivity contribution in [1.82, 2.24) is 10.2 Å². The maximum Gasteiger partial charge on any atom is 0.00693 e. The maximum atomic E-state index is 3.41. The van der Waals surface area contributed by atoms with Crippen molar-refractivity contribution in [3.05, 3.63) is 0 Å². The van der Waals surface area contributed by atoms with Crippen molar-refractivity contribution in [1.29, 1.82) is 0 Å². The fourth-order valence-electron chi connectivity index (χ4n) is 1.84. The number of hydrogen-bond acceptors (Lipinski definition) is 3. The highest BCUT2D eigenvalue weighted by molar-refractivity contribution is 7.98. The van der Waals surface area contributed by atoms with E-state index in [1.807, 2.05) is 11.8 Å². The number of piperidine rings is 1. The van der Waals surface area contributed by atoms with Gasteiger partial charge in [-0.3, -0.25) is 0 Å². The molecule has 0 aromatic rings. The first-order valence-electron chi connectivity index (χ1n) is 5.21. The van der Waals surface area contributed by atoms with Gasteiger partial charge in [-0.05, 0) is 45.2 Å². The van der Waals surface area contributed by atoms with E-state index in [2.05, 4.69) is 23.5 Å². The zero-order valence-corrected chi connectivity index (χ0v) is 9.70. The van der Waals surface area contributed by atoms with Gasteiger partial charge in [0.1, 0.15) is 0 Å². The number of rotatable bonds is 5. The van der Waals surface area contributed by atoms with Gasteiger partial charge in [-0.15, -0.1) is 0 Å². The largest absolute Gasteiger partial charge is 0.317 e. The van der Waals surface area contributed by atoms with Crippen molar-refractivity contribution in [3.63, 3.8) is 0 Å². The SMILES string of the molecule is CSCCN(C)CC1CCNCC1. The monoisotopic (exact) mass is 202 g/mol. The van der Waals surface area contributed by atoms with Gasteiger partial charge in [0, 0.05) is 18.8 Å². The lowest BCUT2D eigenvalue weighted by molar-refractivity contribution is 0.250. The fourth-order valence-corrected chi connectivity index (χ4v) is 2.34. The first-order chi connectivity index (χ1) is 6.33. The second-order valence-corrected chi connectivity index (χ2v) is 4.93. The highest BCUT2D eigenvalue weighted by Crippen LogP contribution is 2.12. The van der Waals surface area contributed by atoms with Crippen LogP contribution in [-0.2, 0) is 0 Å². The molecule has 1 aliphatic rings. The van der Waals surface area contributed by atoms with Gasteiger partial charge in [0.25, 0.3) is 0 Å². The van der Waals surface area contributed by atoms with Gasteiger partial charge in [0.2, 0.25) is 0 Å². The van der Waals surface area contributed by atoms with Crippen LogP contribution >= 0.6 is 11.8 Å². The third-order valence-electron chi connectivity index (χ3n) is 2.71. The van der Waals surface area contributed by atoms with E-state index >= 15 is 0 Å². The summed E-state index contributed by atoms with van der Waals surface area (Å²) in [6.45, 7) is 4.98. The van der Waals surface area contributed by atoms with Crippen LogP contribution in [0.3, 0.4) is 0 Å². The fraction of sp³-hybridized carbons (Fsp3) is 1.00. The van der Waals surface area contributed by atoms with Gasteiger partial charge in [-0.25, -0.2) is 0 Å². The van der Waals surface area contributed by atoms with Crippen molar-refractivity contribution in [2.45, 2.75) is 12.8 Å². The summed E-state index contributed by atoms with van der Waals surface area (Å²) in [5, 5.41) is 3.41. The molecule has 13 heavy (non-hydrogen) atoms. The molecule has 0 atom stereocenters. The van der Waals surface area contributed by atoms with Crippen LogP contribution in [0.1, 0.15) is 12.8 Å². The molecule has 1 heterocycles. The Bertz CT molecular complexity index is 124. The number of nitrogens with zero attached hydrogens (tertiary/aromatic N) is 1. The topological polar surface area (TPSA) is 15.3 Å². The Morgan fingerprint density at radius 1 is 1.38 bits per heavy atom. The predicted octanol–water partition coefficient (Wildman–Crippen LogP) is 1.28. The molecule has 0 saturated carbocycles. The summed E-state index contributed by atoms with van der Waals surface area (Å²) >= 11 is 1.94. The van der Waals surface area contributed by atoms with E-state index in [9.17, 15) is 0 Å². The molecule has 1 aliphatic heterocycles. The number of thioether (sulfide) groups is 1. The van der Waals surface area contributed by atoms with E-state index in [0.717, 1.165) is 5.92 Å². The molecule has 0 aliphatic carbocycles. The molecular formula is C10H22N2S. The van der Waals surface area contributed by atoms with Crippen LogP contribution in [0.4, 0.5) is 0 Å². The molecule has 78 valence electrons. The molecule has 0 bridgehead atoms. The summed E-state index contributed by atoms with van der Waals surface area (Å²) in [6, 6.07) is 0. The Kier molecular flexibility index (Phi) is 5.83. The zero-order valence-electron chi connectivity index (χ0n) is 8.88. The number of nitrogens with one attached hydrogen (secondary N) is 1. The molecule has 1 saturated heterocycles. The lowest BCUT2D eigenvalue weighted by Gasteiger charge is -2.27. The molecule has 0 aromatic heterocycles. The molecule has 1 N–H and O–H groups in total. The number of hydrogen-bond donors (Lipinski definition) is 1. The van der Waals surface area contributed by atoms with E-state index in [1.54, 1.807) is 0 Å². The third-order valence-corrected chi connectivity index (χ3v) is 3.30. The maximum absolute atomic E-state index is 3.41. The van der Waals surface area contributed by atoms with Gasteiger partial charge in [0.15, 0.2) is 0 Å². The van der Waals surface area contributed by atoms with Crippen LogP contribution in [0.15, 0.2) is 0 Å². The standard InChI is InChI=1S/C10H22N2S/c1-12(7-8-13-2)9-10-3-5-11-6-4-10/h10-11H,3-9H2,1-2H3. The van der Waals surface area contributed by atoms with E-state index in [0.29, 0.717) is 0 Å². The average molecular weight is 202 g/mol. The Morgan fingerprint density at radius 2 is 2.08 bits per heavy atom. The van der Waals surface area contributed by atoms with Crippen LogP contribution in [0.2, 0.25) is 0 Å². The molecule has 2 nitrogen and oxygen atoms in total. The summed E-state index contributed by atoms with van der Waals surface area (Å²) in [7, 11) is 2.25. The molecule has 0 spiro atoms. The summed E-state index contributed by atoms with van der Waals surface area (Å²) in [5.41, 5.74) is 0. The second kappa shape index (κ2) is 6.68. The predicted molar refractivity (Wildman–Crippen MR) is 61.5 cm³/mol. The zero-order chi connectivity index (χ0) is 9.52. The van der Waals surface area contributed by atoms with Gasteiger partial charge in [-0.1, -0.05) is 0 Å². The first-order valence-corrected chi connectivity index (χ1v) is 6.60. The van der Waals surface area contributed by atoms with Crippen LogP contribution in [-0.4, -0.2) is 50.1 Å². The van der Waals surface area contributed by atoms with Crippen molar-refractivity contribution < 1.29 is 0 Å². The van der Waals surface area contributed by atoms with Crippen LogP contribution in [0, 0.1) is 5.92 Å². The summed E-state index contributed by atoms with van der Waals surface area (Å²) in [6.07, 6.45) is 4.91. The lowest BCUT2D eigenvalue weighted by Crippen LogP contribution is -2.35. The molecule has 1 fully saturated rings. The molecule has 0 amide bonds. The van der Waals surface area contributed by atoms with Crippen molar-refractivity contribution in [3.8, 4) is 0 Å². The third kappa shape index (κ3) is 4.89.